The maximum atomic E-state index is 6.08. The zero-order chi connectivity index (χ0) is 11.4. The number of ether oxygens (including phenoxy) is 2. The molecule has 1 aliphatic rings. The number of nitrogens with zero attached hydrogens (tertiary/aromatic N) is 2. The van der Waals surface area contributed by atoms with Gasteiger partial charge in [-0.3, -0.25) is 4.68 Å². The van der Waals surface area contributed by atoms with Gasteiger partial charge in [-0.2, -0.15) is 5.10 Å². The van der Waals surface area contributed by atoms with E-state index in [2.05, 4.69) is 5.10 Å². The highest BCUT2D eigenvalue weighted by Crippen LogP contribution is 2.10. The Labute approximate surface area is 95.5 Å². The lowest BCUT2D eigenvalue weighted by atomic mass is 10.0. The molecule has 0 radical (unpaired) electrons. The van der Waals surface area contributed by atoms with Crippen molar-refractivity contribution in [3.8, 4) is 0 Å². The zero-order valence-electron chi connectivity index (χ0n) is 9.63. The molecule has 1 aromatic heterocycles. The molecule has 5 heteroatoms. The van der Waals surface area contributed by atoms with Crippen LogP contribution in [-0.4, -0.2) is 41.7 Å². The summed E-state index contributed by atoms with van der Waals surface area (Å²) in [5.74, 6) is 0. The van der Waals surface area contributed by atoms with Crippen LogP contribution in [0.2, 0.25) is 0 Å². The molecule has 2 rings (SSSR count). The van der Waals surface area contributed by atoms with E-state index >= 15 is 0 Å². The number of rotatable bonds is 4. The van der Waals surface area contributed by atoms with Crippen LogP contribution in [0.15, 0.2) is 12.3 Å². The molecule has 2 N–H and O–H groups in total. The fourth-order valence-corrected chi connectivity index (χ4v) is 1.90. The minimum absolute atomic E-state index is 0.0372. The highest BCUT2D eigenvalue weighted by atomic mass is 16.6. The topological polar surface area (TPSA) is 62.3 Å². The molecule has 16 heavy (non-hydrogen) atoms. The highest BCUT2D eigenvalue weighted by molar-refractivity contribution is 5.00. The third-order valence-corrected chi connectivity index (χ3v) is 2.98. The van der Waals surface area contributed by atoms with E-state index in [1.807, 2.05) is 17.8 Å². The van der Waals surface area contributed by atoms with Crippen LogP contribution < -0.4 is 5.73 Å². The standard InChI is InChI=1S/C11H19N3O2/c1-14-9(4-5-13-14)2-3-10(12)11-8-15-6-7-16-11/h4-5,10-11H,2-3,6-8,12H2,1H3. The Bertz CT molecular complexity index is 321. The summed E-state index contributed by atoms with van der Waals surface area (Å²) in [5.41, 5.74) is 7.28. The minimum Gasteiger partial charge on any atom is -0.376 e. The monoisotopic (exact) mass is 225 g/mol. The fraction of sp³-hybridized carbons (Fsp3) is 0.727. The first-order valence-corrected chi connectivity index (χ1v) is 5.69. The van der Waals surface area contributed by atoms with Crippen molar-refractivity contribution in [2.75, 3.05) is 19.8 Å². The van der Waals surface area contributed by atoms with Crippen molar-refractivity contribution in [1.29, 1.82) is 0 Å². The largest absolute Gasteiger partial charge is 0.376 e. The molecule has 90 valence electrons. The van der Waals surface area contributed by atoms with E-state index in [9.17, 15) is 0 Å². The Morgan fingerprint density at radius 1 is 1.62 bits per heavy atom. The van der Waals surface area contributed by atoms with Crippen molar-refractivity contribution in [2.45, 2.75) is 25.0 Å². The van der Waals surface area contributed by atoms with Gasteiger partial charge in [0.05, 0.1) is 25.9 Å². The molecule has 1 aromatic rings. The van der Waals surface area contributed by atoms with Crippen LogP contribution in [-0.2, 0) is 22.9 Å². The Balaban J connectivity index is 1.78. The summed E-state index contributed by atoms with van der Waals surface area (Å²) in [5, 5.41) is 4.13. The lowest BCUT2D eigenvalue weighted by molar-refractivity contribution is -0.0976. The fourth-order valence-electron chi connectivity index (χ4n) is 1.90. The molecule has 2 heterocycles. The van der Waals surface area contributed by atoms with Crippen molar-refractivity contribution in [3.63, 3.8) is 0 Å². The SMILES string of the molecule is Cn1nccc1CCC(N)C1COCCO1. The minimum atomic E-state index is 0.0372. The number of nitrogens with two attached hydrogens (primary N) is 1. The van der Waals surface area contributed by atoms with Crippen LogP contribution in [0.25, 0.3) is 0 Å². The van der Waals surface area contributed by atoms with Crippen LogP contribution in [0.1, 0.15) is 12.1 Å². The second-order valence-corrected chi connectivity index (χ2v) is 4.13. The Kier molecular flexibility index (Phi) is 3.93. The van der Waals surface area contributed by atoms with Gasteiger partial charge in [0.1, 0.15) is 0 Å². The predicted molar refractivity (Wildman–Crippen MR) is 60.1 cm³/mol. The summed E-state index contributed by atoms with van der Waals surface area (Å²) in [6.45, 7) is 1.96. The van der Waals surface area contributed by atoms with E-state index in [-0.39, 0.29) is 12.1 Å². The molecule has 0 amide bonds. The summed E-state index contributed by atoms with van der Waals surface area (Å²) in [6, 6.07) is 2.06. The maximum Gasteiger partial charge on any atom is 0.0960 e. The number of hydrogen-bond acceptors (Lipinski definition) is 4. The van der Waals surface area contributed by atoms with Gasteiger partial charge in [0.15, 0.2) is 0 Å². The van der Waals surface area contributed by atoms with Gasteiger partial charge in [-0.15, -0.1) is 0 Å². The molecule has 1 aliphatic heterocycles. The Morgan fingerprint density at radius 2 is 2.50 bits per heavy atom. The zero-order valence-corrected chi connectivity index (χ0v) is 9.63. The van der Waals surface area contributed by atoms with Crippen molar-refractivity contribution in [1.82, 2.24) is 9.78 Å². The van der Waals surface area contributed by atoms with Gasteiger partial charge >= 0.3 is 0 Å². The van der Waals surface area contributed by atoms with E-state index in [1.165, 1.54) is 5.69 Å². The molecular weight excluding hydrogens is 206 g/mol. The first-order chi connectivity index (χ1) is 7.77. The Morgan fingerprint density at radius 3 is 3.12 bits per heavy atom. The van der Waals surface area contributed by atoms with Crippen molar-refractivity contribution in [2.24, 2.45) is 12.8 Å². The summed E-state index contributed by atoms with van der Waals surface area (Å²) in [4.78, 5) is 0. The quantitative estimate of drug-likeness (QED) is 0.789. The molecule has 5 nitrogen and oxygen atoms in total. The first kappa shape index (κ1) is 11.6. The second kappa shape index (κ2) is 5.43. The molecule has 0 spiro atoms. The van der Waals surface area contributed by atoms with Gasteiger partial charge in [-0.1, -0.05) is 0 Å². The predicted octanol–water partition coefficient (Wildman–Crippen LogP) is 0.0954. The van der Waals surface area contributed by atoms with Gasteiger partial charge in [0.25, 0.3) is 0 Å². The van der Waals surface area contributed by atoms with Crippen molar-refractivity contribution in [3.05, 3.63) is 18.0 Å². The number of aryl methyl sites for hydroxylation is 2. The van der Waals surface area contributed by atoms with Crippen LogP contribution in [0, 0.1) is 0 Å². The van der Waals surface area contributed by atoms with Crippen molar-refractivity contribution < 1.29 is 9.47 Å². The maximum absolute atomic E-state index is 6.08. The molecule has 1 saturated heterocycles. The summed E-state index contributed by atoms with van der Waals surface area (Å²) in [6.07, 6.45) is 3.67. The molecule has 0 aliphatic carbocycles. The first-order valence-electron chi connectivity index (χ1n) is 5.69. The lowest BCUT2D eigenvalue weighted by Gasteiger charge is -2.27. The van der Waals surface area contributed by atoms with E-state index in [0.29, 0.717) is 19.8 Å². The molecule has 1 fully saturated rings. The van der Waals surface area contributed by atoms with Gasteiger partial charge in [-0.25, -0.2) is 0 Å². The molecule has 0 saturated carbocycles. The molecular formula is C11H19N3O2. The van der Waals surface area contributed by atoms with Gasteiger partial charge < -0.3 is 15.2 Å². The molecule has 0 bridgehead atoms. The van der Waals surface area contributed by atoms with Gasteiger partial charge in [0.2, 0.25) is 0 Å². The second-order valence-electron chi connectivity index (χ2n) is 4.13. The molecule has 2 atom stereocenters. The van der Waals surface area contributed by atoms with Gasteiger partial charge in [-0.05, 0) is 18.9 Å². The van der Waals surface area contributed by atoms with Crippen LogP contribution in [0.3, 0.4) is 0 Å². The van der Waals surface area contributed by atoms with Gasteiger partial charge in [0, 0.05) is 25.0 Å². The normalized spacial score (nSPS) is 23.2. The third kappa shape index (κ3) is 2.81. The smallest absolute Gasteiger partial charge is 0.0960 e. The van der Waals surface area contributed by atoms with E-state index in [0.717, 1.165) is 12.8 Å². The summed E-state index contributed by atoms with van der Waals surface area (Å²) >= 11 is 0. The lowest BCUT2D eigenvalue weighted by Crippen LogP contribution is -2.43. The Hall–Kier alpha value is -0.910. The van der Waals surface area contributed by atoms with Crippen molar-refractivity contribution >= 4 is 0 Å². The van der Waals surface area contributed by atoms with E-state index in [4.69, 9.17) is 15.2 Å². The average Bonchev–Trinajstić information content (AvgIpc) is 2.73. The molecule has 0 aromatic carbocycles. The number of aromatic nitrogens is 2. The van der Waals surface area contributed by atoms with Crippen LogP contribution in [0.5, 0.6) is 0 Å². The van der Waals surface area contributed by atoms with Crippen LogP contribution in [0.4, 0.5) is 0 Å². The average molecular weight is 225 g/mol. The van der Waals surface area contributed by atoms with E-state index < -0.39 is 0 Å². The number of hydrogen-bond donors (Lipinski definition) is 1. The van der Waals surface area contributed by atoms with Crippen LogP contribution >= 0.6 is 0 Å². The summed E-state index contributed by atoms with van der Waals surface area (Å²) in [7, 11) is 1.95. The highest BCUT2D eigenvalue weighted by Gasteiger charge is 2.21. The summed E-state index contributed by atoms with van der Waals surface area (Å²) < 4.78 is 12.8. The third-order valence-electron chi connectivity index (χ3n) is 2.98. The van der Waals surface area contributed by atoms with E-state index in [1.54, 1.807) is 6.20 Å². The molecule has 2 unspecified atom stereocenters.